The van der Waals surface area contributed by atoms with E-state index in [1.54, 1.807) is 6.07 Å². The summed E-state index contributed by atoms with van der Waals surface area (Å²) < 4.78 is 0. The number of thiazole rings is 1. The van der Waals surface area contributed by atoms with E-state index in [4.69, 9.17) is 0 Å². The molecule has 0 radical (unpaired) electrons. The number of carbonyl (C=O) groups excluding carboxylic acids is 2. The van der Waals surface area contributed by atoms with Gasteiger partial charge in [-0.05, 0) is 11.4 Å². The number of anilines is 1. The Morgan fingerprint density at radius 3 is 3.05 bits per heavy atom. The Morgan fingerprint density at radius 2 is 2.33 bits per heavy atom. The van der Waals surface area contributed by atoms with E-state index in [1.807, 2.05) is 23.3 Å². The zero-order chi connectivity index (χ0) is 14.8. The number of aromatic nitrogens is 1. The van der Waals surface area contributed by atoms with Gasteiger partial charge in [0.25, 0.3) is 5.91 Å². The van der Waals surface area contributed by atoms with Crippen LogP contribution >= 0.6 is 22.7 Å². The fourth-order valence-electron chi connectivity index (χ4n) is 2.25. The summed E-state index contributed by atoms with van der Waals surface area (Å²) in [6.07, 6.45) is 1.28. The normalized spacial score (nSPS) is 13.9. The van der Waals surface area contributed by atoms with Crippen molar-refractivity contribution in [3.63, 3.8) is 0 Å². The number of thiophene rings is 1. The van der Waals surface area contributed by atoms with Gasteiger partial charge in [0.15, 0.2) is 5.13 Å². The summed E-state index contributed by atoms with van der Waals surface area (Å²) in [5.74, 6) is 0.0378. The zero-order valence-corrected chi connectivity index (χ0v) is 13.2. The van der Waals surface area contributed by atoms with Crippen LogP contribution in [-0.4, -0.2) is 28.2 Å². The topological polar surface area (TPSA) is 62.3 Å². The van der Waals surface area contributed by atoms with Crippen LogP contribution in [0.2, 0.25) is 0 Å². The average Bonchev–Trinajstić information content (AvgIpc) is 3.14. The van der Waals surface area contributed by atoms with Crippen molar-refractivity contribution < 1.29 is 9.59 Å². The van der Waals surface area contributed by atoms with Crippen molar-refractivity contribution in [1.82, 2.24) is 9.88 Å². The highest BCUT2D eigenvalue weighted by molar-refractivity contribution is 7.16. The second-order valence-electron chi connectivity index (χ2n) is 4.74. The summed E-state index contributed by atoms with van der Waals surface area (Å²) >= 11 is 2.86. The maximum Gasteiger partial charge on any atom is 0.267 e. The fourth-order valence-corrected chi connectivity index (χ4v) is 3.89. The van der Waals surface area contributed by atoms with Crippen molar-refractivity contribution in [3.8, 4) is 0 Å². The third-order valence-corrected chi connectivity index (χ3v) is 5.22. The molecule has 2 aromatic heterocycles. The van der Waals surface area contributed by atoms with E-state index in [-0.39, 0.29) is 11.8 Å². The van der Waals surface area contributed by atoms with Gasteiger partial charge in [-0.1, -0.05) is 24.3 Å². The molecule has 7 heteroatoms. The number of nitrogens with one attached hydrogen (secondary N) is 1. The van der Waals surface area contributed by atoms with Gasteiger partial charge < -0.3 is 4.90 Å². The maximum absolute atomic E-state index is 12.0. The maximum atomic E-state index is 12.0. The van der Waals surface area contributed by atoms with Crippen molar-refractivity contribution in [2.45, 2.75) is 26.3 Å². The highest BCUT2D eigenvalue weighted by atomic mass is 32.1. The summed E-state index contributed by atoms with van der Waals surface area (Å²) in [6.45, 7) is 3.19. The first-order valence-corrected chi connectivity index (χ1v) is 8.48. The molecule has 3 rings (SSSR count). The Hall–Kier alpha value is -1.73. The lowest BCUT2D eigenvalue weighted by atomic mass is 10.1. The van der Waals surface area contributed by atoms with Gasteiger partial charge in [-0.15, -0.1) is 11.3 Å². The van der Waals surface area contributed by atoms with Gasteiger partial charge in [0, 0.05) is 24.3 Å². The molecular weight excluding hydrogens is 306 g/mol. The van der Waals surface area contributed by atoms with Gasteiger partial charge in [-0.3, -0.25) is 14.9 Å². The quantitative estimate of drug-likeness (QED) is 0.945. The van der Waals surface area contributed by atoms with Gasteiger partial charge >= 0.3 is 0 Å². The van der Waals surface area contributed by atoms with E-state index in [9.17, 15) is 9.59 Å². The van der Waals surface area contributed by atoms with Gasteiger partial charge in [-0.25, -0.2) is 4.98 Å². The number of fused-ring (bicyclic) bond motifs is 1. The molecule has 2 aromatic rings. The molecule has 0 aromatic carbocycles. The molecule has 1 aliphatic heterocycles. The highest BCUT2D eigenvalue weighted by Crippen LogP contribution is 2.29. The molecule has 0 unspecified atom stereocenters. The Kier molecular flexibility index (Phi) is 4.03. The van der Waals surface area contributed by atoms with Crippen LogP contribution in [0.1, 0.15) is 33.6 Å². The van der Waals surface area contributed by atoms with Crippen molar-refractivity contribution in [2.24, 2.45) is 0 Å². The number of hydrogen-bond acceptors (Lipinski definition) is 5. The lowest BCUT2D eigenvalue weighted by Gasteiger charge is -2.25. The minimum Gasteiger partial charge on any atom is -0.337 e. The van der Waals surface area contributed by atoms with E-state index >= 15 is 0 Å². The van der Waals surface area contributed by atoms with E-state index in [0.717, 1.165) is 17.0 Å². The zero-order valence-electron chi connectivity index (χ0n) is 11.6. The molecule has 0 saturated heterocycles. The molecule has 1 aliphatic rings. The number of rotatable bonds is 3. The van der Waals surface area contributed by atoms with Gasteiger partial charge in [-0.2, -0.15) is 0 Å². The van der Waals surface area contributed by atoms with Crippen molar-refractivity contribution in [1.29, 1.82) is 0 Å². The average molecular weight is 321 g/mol. The van der Waals surface area contributed by atoms with Crippen molar-refractivity contribution in [2.75, 3.05) is 11.9 Å². The molecular formula is C14H15N3O2S2. The number of nitrogens with zero attached hydrogens (tertiary/aromatic N) is 2. The summed E-state index contributed by atoms with van der Waals surface area (Å²) in [7, 11) is 0. The van der Waals surface area contributed by atoms with E-state index in [2.05, 4.69) is 10.3 Å². The van der Waals surface area contributed by atoms with Gasteiger partial charge in [0.1, 0.15) is 0 Å². The number of hydrogen-bond donors (Lipinski definition) is 1. The van der Waals surface area contributed by atoms with E-state index < -0.39 is 0 Å². The third kappa shape index (κ3) is 2.98. The molecule has 0 bridgehead atoms. The second-order valence-corrected chi connectivity index (χ2v) is 6.77. The standard InChI is InChI=1S/C14H15N3O2S2/c1-2-12(18)17-6-5-9-11(8-17)21-14(15-9)16-13(19)10-4-3-7-20-10/h3-4,7H,2,5-6,8H2,1H3,(H,15,16,19). The number of amides is 2. The molecule has 21 heavy (non-hydrogen) atoms. The monoisotopic (exact) mass is 321 g/mol. The molecule has 0 fully saturated rings. The molecule has 110 valence electrons. The molecule has 1 N–H and O–H groups in total. The first kappa shape index (κ1) is 14.2. The van der Waals surface area contributed by atoms with E-state index in [1.165, 1.54) is 22.7 Å². The van der Waals surface area contributed by atoms with Crippen molar-refractivity contribution in [3.05, 3.63) is 33.0 Å². The minimum absolute atomic E-state index is 0.127. The Labute approximate surface area is 130 Å². The van der Waals surface area contributed by atoms with Gasteiger partial charge in [0.05, 0.1) is 17.1 Å². The van der Waals surface area contributed by atoms with Crippen LogP contribution < -0.4 is 5.32 Å². The van der Waals surface area contributed by atoms with Crippen LogP contribution in [0.5, 0.6) is 0 Å². The largest absolute Gasteiger partial charge is 0.337 e. The summed E-state index contributed by atoms with van der Waals surface area (Å²) in [5, 5.41) is 5.32. The predicted octanol–water partition coefficient (Wildman–Crippen LogP) is 2.75. The molecule has 0 spiro atoms. The van der Waals surface area contributed by atoms with Crippen LogP contribution in [0.3, 0.4) is 0 Å². The smallest absolute Gasteiger partial charge is 0.267 e. The molecule has 0 saturated carbocycles. The van der Waals surface area contributed by atoms with Crippen LogP contribution in [0, 0.1) is 0 Å². The summed E-state index contributed by atoms with van der Waals surface area (Å²) in [5.41, 5.74) is 1.00. The molecule has 3 heterocycles. The van der Waals surface area contributed by atoms with Gasteiger partial charge in [0.2, 0.25) is 5.91 Å². The Balaban J connectivity index is 1.72. The molecule has 5 nitrogen and oxygen atoms in total. The highest BCUT2D eigenvalue weighted by Gasteiger charge is 2.23. The molecule has 0 atom stereocenters. The lowest BCUT2D eigenvalue weighted by Crippen LogP contribution is -2.34. The first-order chi connectivity index (χ1) is 10.2. The second kappa shape index (κ2) is 5.95. The predicted molar refractivity (Wildman–Crippen MR) is 83.8 cm³/mol. The summed E-state index contributed by atoms with van der Waals surface area (Å²) in [6, 6.07) is 3.63. The van der Waals surface area contributed by atoms with Crippen LogP contribution in [0.25, 0.3) is 0 Å². The van der Waals surface area contributed by atoms with Crippen LogP contribution in [0.15, 0.2) is 17.5 Å². The Morgan fingerprint density at radius 1 is 1.48 bits per heavy atom. The molecule has 2 amide bonds. The first-order valence-electron chi connectivity index (χ1n) is 6.78. The number of carbonyl (C=O) groups is 2. The summed E-state index contributed by atoms with van der Waals surface area (Å²) in [4.78, 5) is 31.8. The third-order valence-electron chi connectivity index (χ3n) is 3.35. The Bertz CT molecular complexity index is 664. The van der Waals surface area contributed by atoms with Crippen molar-refractivity contribution >= 4 is 39.6 Å². The molecule has 0 aliphatic carbocycles. The van der Waals surface area contributed by atoms with Crippen LogP contribution in [-0.2, 0) is 17.8 Å². The SMILES string of the molecule is CCC(=O)N1CCc2nc(NC(=O)c3cccs3)sc2C1. The minimum atomic E-state index is -0.127. The fraction of sp³-hybridized carbons (Fsp3) is 0.357. The van der Waals surface area contributed by atoms with E-state index in [0.29, 0.717) is 29.5 Å². The lowest BCUT2D eigenvalue weighted by molar-refractivity contribution is -0.131. The van der Waals surface area contributed by atoms with Crippen LogP contribution in [0.4, 0.5) is 5.13 Å².